The molecule has 3 heterocycles. The summed E-state index contributed by atoms with van der Waals surface area (Å²) >= 11 is 0. The van der Waals surface area contributed by atoms with E-state index in [1.807, 2.05) is 20.0 Å². The summed E-state index contributed by atoms with van der Waals surface area (Å²) in [5, 5.41) is 10.3. The van der Waals surface area contributed by atoms with Crippen molar-refractivity contribution < 1.29 is 9.84 Å². The molecule has 6 nitrogen and oxygen atoms in total. The minimum Gasteiger partial charge on any atom is -0.392 e. The highest BCUT2D eigenvalue weighted by Gasteiger charge is 2.55. The van der Waals surface area contributed by atoms with Gasteiger partial charge in [0.05, 0.1) is 24.1 Å². The van der Waals surface area contributed by atoms with Crippen LogP contribution in [-0.2, 0) is 11.3 Å². The maximum Gasteiger partial charge on any atom is 0.234 e. The number of aromatic nitrogens is 3. The number of ether oxygens (including phenoxy) is 1. The van der Waals surface area contributed by atoms with Crippen molar-refractivity contribution in [2.75, 3.05) is 19.7 Å². The Hall–Kier alpha value is -1.50. The highest BCUT2D eigenvalue weighted by molar-refractivity contribution is 5.35. The number of hydrogen-bond acceptors (Lipinski definition) is 5. The molecule has 2 fully saturated rings. The number of aliphatic hydroxyl groups excluding tert-OH is 1. The van der Waals surface area contributed by atoms with Crippen LogP contribution in [0.2, 0.25) is 0 Å². The molecule has 1 N–H and O–H groups in total. The Morgan fingerprint density at radius 2 is 2.08 bits per heavy atom. The number of nitrogens with zero attached hydrogens (tertiary/aromatic N) is 4. The van der Waals surface area contributed by atoms with E-state index in [-0.39, 0.29) is 17.6 Å². The van der Waals surface area contributed by atoms with Crippen molar-refractivity contribution in [3.8, 4) is 0 Å². The summed E-state index contributed by atoms with van der Waals surface area (Å²) in [6, 6.07) is 2.10. The maximum atomic E-state index is 10.3. The van der Waals surface area contributed by atoms with Gasteiger partial charge in [-0.15, -0.1) is 0 Å². The van der Waals surface area contributed by atoms with Gasteiger partial charge in [0.1, 0.15) is 0 Å². The first-order valence-electron chi connectivity index (χ1n) is 9.36. The Bertz CT molecular complexity index is 762. The van der Waals surface area contributed by atoms with E-state index in [2.05, 4.69) is 32.3 Å². The normalized spacial score (nSPS) is 26.2. The number of aryl methyl sites for hydroxylation is 2. The van der Waals surface area contributed by atoms with Crippen LogP contribution in [-0.4, -0.2) is 56.3 Å². The zero-order valence-corrected chi connectivity index (χ0v) is 15.4. The molecular weight excluding hydrogens is 316 g/mol. The third kappa shape index (κ3) is 2.76. The highest BCUT2D eigenvalue weighted by atomic mass is 16.5. The second-order valence-electron chi connectivity index (χ2n) is 7.63. The molecule has 4 rings (SSSR count). The van der Waals surface area contributed by atoms with E-state index in [9.17, 15) is 5.11 Å². The SMILES string of the molecule is CCOC1CC(O)C12CCN(Cc1cnc3nc(C)cc(C)n13)CC2. The lowest BCUT2D eigenvalue weighted by molar-refractivity contribution is -0.210. The average molecular weight is 344 g/mol. The van der Waals surface area contributed by atoms with Gasteiger partial charge in [-0.05, 0) is 52.8 Å². The van der Waals surface area contributed by atoms with E-state index < -0.39 is 0 Å². The minimum atomic E-state index is -0.198. The number of imidazole rings is 1. The van der Waals surface area contributed by atoms with Gasteiger partial charge in [-0.1, -0.05) is 0 Å². The van der Waals surface area contributed by atoms with Gasteiger partial charge < -0.3 is 9.84 Å². The van der Waals surface area contributed by atoms with Crippen LogP contribution in [0.5, 0.6) is 0 Å². The summed E-state index contributed by atoms with van der Waals surface area (Å²) in [6.45, 7) is 9.74. The highest BCUT2D eigenvalue weighted by Crippen LogP contribution is 2.51. The Kier molecular flexibility index (Phi) is 4.30. The Balaban J connectivity index is 1.46. The monoisotopic (exact) mass is 344 g/mol. The molecule has 2 aliphatic rings. The first kappa shape index (κ1) is 16.9. The average Bonchev–Trinajstić information content (AvgIpc) is 2.98. The van der Waals surface area contributed by atoms with Gasteiger partial charge in [-0.2, -0.15) is 0 Å². The lowest BCUT2D eigenvalue weighted by atomic mass is 9.58. The van der Waals surface area contributed by atoms with E-state index >= 15 is 0 Å². The summed E-state index contributed by atoms with van der Waals surface area (Å²) < 4.78 is 8.02. The van der Waals surface area contributed by atoms with Crippen LogP contribution in [0.3, 0.4) is 0 Å². The number of fused-ring (bicyclic) bond motifs is 1. The molecule has 1 spiro atoms. The molecule has 0 radical (unpaired) electrons. The van der Waals surface area contributed by atoms with Gasteiger partial charge in [0.25, 0.3) is 0 Å². The van der Waals surface area contributed by atoms with Crippen molar-refractivity contribution in [2.24, 2.45) is 5.41 Å². The number of likely N-dealkylation sites (tertiary alicyclic amines) is 1. The number of piperidine rings is 1. The smallest absolute Gasteiger partial charge is 0.234 e. The van der Waals surface area contributed by atoms with E-state index in [0.29, 0.717) is 0 Å². The summed E-state index contributed by atoms with van der Waals surface area (Å²) in [4.78, 5) is 11.5. The summed E-state index contributed by atoms with van der Waals surface area (Å²) in [7, 11) is 0. The molecule has 0 aromatic carbocycles. The molecule has 0 bridgehead atoms. The molecular formula is C19H28N4O2. The fourth-order valence-electron chi connectivity index (χ4n) is 4.68. The number of rotatable bonds is 4. The van der Waals surface area contributed by atoms with Crippen molar-refractivity contribution in [3.05, 3.63) is 29.3 Å². The van der Waals surface area contributed by atoms with Gasteiger partial charge >= 0.3 is 0 Å². The van der Waals surface area contributed by atoms with Gasteiger partial charge in [0.15, 0.2) is 0 Å². The van der Waals surface area contributed by atoms with Crippen LogP contribution < -0.4 is 0 Å². The molecule has 25 heavy (non-hydrogen) atoms. The predicted molar refractivity (Wildman–Crippen MR) is 95.4 cm³/mol. The predicted octanol–water partition coefficient (Wildman–Crippen LogP) is 2.10. The quantitative estimate of drug-likeness (QED) is 0.920. The summed E-state index contributed by atoms with van der Waals surface area (Å²) in [5.41, 5.74) is 3.35. The van der Waals surface area contributed by atoms with Crippen LogP contribution in [0.4, 0.5) is 0 Å². The second-order valence-corrected chi connectivity index (χ2v) is 7.63. The zero-order valence-electron chi connectivity index (χ0n) is 15.4. The first-order chi connectivity index (χ1) is 12.0. The molecule has 1 saturated heterocycles. The van der Waals surface area contributed by atoms with Crippen LogP contribution in [0, 0.1) is 19.3 Å². The zero-order chi connectivity index (χ0) is 17.6. The third-order valence-corrected chi connectivity index (χ3v) is 6.15. The van der Waals surface area contributed by atoms with Crippen LogP contribution in [0.25, 0.3) is 5.78 Å². The summed E-state index contributed by atoms with van der Waals surface area (Å²) in [5.74, 6) is 0.784. The molecule has 0 amide bonds. The topological polar surface area (TPSA) is 62.9 Å². The number of hydrogen-bond donors (Lipinski definition) is 1. The molecule has 1 aliphatic carbocycles. The van der Waals surface area contributed by atoms with E-state index in [4.69, 9.17) is 4.74 Å². The largest absolute Gasteiger partial charge is 0.392 e. The Morgan fingerprint density at radius 3 is 2.76 bits per heavy atom. The molecule has 2 atom stereocenters. The molecule has 2 unspecified atom stereocenters. The minimum absolute atomic E-state index is 0.0133. The van der Waals surface area contributed by atoms with Crippen molar-refractivity contribution in [1.82, 2.24) is 19.3 Å². The molecule has 1 saturated carbocycles. The lowest BCUT2D eigenvalue weighted by Gasteiger charge is -2.56. The van der Waals surface area contributed by atoms with Gasteiger partial charge in [0, 0.05) is 36.4 Å². The fourth-order valence-corrected chi connectivity index (χ4v) is 4.68. The molecule has 136 valence electrons. The number of aliphatic hydroxyl groups is 1. The molecule has 6 heteroatoms. The van der Waals surface area contributed by atoms with Crippen molar-refractivity contribution in [2.45, 2.75) is 58.8 Å². The Morgan fingerprint density at radius 1 is 1.32 bits per heavy atom. The van der Waals surface area contributed by atoms with Crippen molar-refractivity contribution >= 4 is 5.78 Å². The first-order valence-corrected chi connectivity index (χ1v) is 9.36. The van der Waals surface area contributed by atoms with E-state index in [0.717, 1.165) is 57.0 Å². The van der Waals surface area contributed by atoms with Gasteiger partial charge in [-0.25, -0.2) is 9.97 Å². The molecule has 1 aliphatic heterocycles. The maximum absolute atomic E-state index is 10.3. The lowest BCUT2D eigenvalue weighted by Crippen LogP contribution is -2.62. The van der Waals surface area contributed by atoms with Crippen LogP contribution in [0.15, 0.2) is 12.3 Å². The standard InChI is InChI=1S/C19H28N4O2/c1-4-25-17-10-16(24)19(17)5-7-22(8-6-19)12-15-11-20-18-21-13(2)9-14(3)23(15)18/h9,11,16-17,24H,4-8,10,12H2,1-3H3. The van der Waals surface area contributed by atoms with E-state index in [1.54, 1.807) is 0 Å². The third-order valence-electron chi connectivity index (χ3n) is 6.15. The molecule has 2 aromatic rings. The summed E-state index contributed by atoms with van der Waals surface area (Å²) in [6.07, 6.45) is 4.79. The van der Waals surface area contributed by atoms with Gasteiger partial charge in [-0.3, -0.25) is 9.30 Å². The second kappa shape index (κ2) is 6.34. The van der Waals surface area contributed by atoms with Gasteiger partial charge in [0.2, 0.25) is 5.78 Å². The Labute approximate surface area is 148 Å². The fraction of sp³-hybridized carbons (Fsp3) is 0.684. The van der Waals surface area contributed by atoms with E-state index in [1.165, 1.54) is 11.4 Å². The van der Waals surface area contributed by atoms with Crippen LogP contribution in [0.1, 0.15) is 43.3 Å². The van der Waals surface area contributed by atoms with Crippen molar-refractivity contribution in [3.63, 3.8) is 0 Å². The van der Waals surface area contributed by atoms with Crippen molar-refractivity contribution in [1.29, 1.82) is 0 Å². The van der Waals surface area contributed by atoms with Crippen LogP contribution >= 0.6 is 0 Å². The molecule has 2 aromatic heterocycles.